The topological polar surface area (TPSA) is 66.8 Å². The number of benzene rings is 1. The van der Waals surface area contributed by atoms with Crippen LogP contribution < -0.4 is 0 Å². The summed E-state index contributed by atoms with van der Waals surface area (Å²) in [6.07, 6.45) is 2.21. The summed E-state index contributed by atoms with van der Waals surface area (Å²) in [6, 6.07) is 4.83. The second-order valence-electron chi connectivity index (χ2n) is 6.76. The number of ether oxygens (including phenoxy) is 1. The molecule has 25 heavy (non-hydrogen) atoms. The summed E-state index contributed by atoms with van der Waals surface area (Å²) in [7, 11) is 1.38. The predicted octanol–water partition coefficient (Wildman–Crippen LogP) is 3.36. The van der Waals surface area contributed by atoms with Crippen molar-refractivity contribution in [2.75, 3.05) is 13.7 Å². The van der Waals surface area contributed by atoms with E-state index in [0.717, 1.165) is 19.3 Å². The van der Waals surface area contributed by atoms with E-state index >= 15 is 0 Å². The largest absolute Gasteiger partial charge is 0.469 e. The molecule has 1 saturated carbocycles. The van der Waals surface area contributed by atoms with Gasteiger partial charge in [-0.25, -0.2) is 0 Å². The van der Waals surface area contributed by atoms with Crippen LogP contribution in [0.5, 0.6) is 0 Å². The molecular weight excluding hydrogens is 365 g/mol. The quantitative estimate of drug-likeness (QED) is 0.806. The SMILES string of the molecule is COC(=O)C1CCN(C(=O)CC(O)c2ccc(Cl)c(Cl)c2)C12CCC2. The molecule has 0 bridgehead atoms. The van der Waals surface area contributed by atoms with E-state index < -0.39 is 11.6 Å². The number of likely N-dealkylation sites (tertiary alicyclic amines) is 1. The summed E-state index contributed by atoms with van der Waals surface area (Å²) in [5.41, 5.74) is 0.121. The van der Waals surface area contributed by atoms with Crippen LogP contribution in [0, 0.1) is 5.92 Å². The summed E-state index contributed by atoms with van der Waals surface area (Å²) in [5.74, 6) is -0.665. The third kappa shape index (κ3) is 3.25. The van der Waals surface area contributed by atoms with Crippen LogP contribution >= 0.6 is 23.2 Å². The van der Waals surface area contributed by atoms with Gasteiger partial charge in [0.15, 0.2) is 0 Å². The van der Waals surface area contributed by atoms with Gasteiger partial charge in [-0.3, -0.25) is 9.59 Å². The minimum atomic E-state index is -0.962. The number of hydrogen-bond acceptors (Lipinski definition) is 4. The Bertz CT molecular complexity index is 690. The van der Waals surface area contributed by atoms with Crippen molar-refractivity contribution in [2.45, 2.75) is 43.7 Å². The van der Waals surface area contributed by atoms with Gasteiger partial charge in [-0.1, -0.05) is 29.3 Å². The number of amides is 1. The van der Waals surface area contributed by atoms with Crippen LogP contribution in [0.1, 0.15) is 43.8 Å². The number of nitrogens with zero attached hydrogens (tertiary/aromatic N) is 1. The van der Waals surface area contributed by atoms with Gasteiger partial charge in [-0.05, 0) is 43.4 Å². The number of halogens is 2. The first-order valence-electron chi connectivity index (χ1n) is 8.40. The molecule has 5 nitrogen and oxygen atoms in total. The first-order chi connectivity index (χ1) is 11.9. The third-order valence-corrected chi connectivity index (χ3v) is 6.27. The van der Waals surface area contributed by atoms with Crippen molar-refractivity contribution in [3.63, 3.8) is 0 Å². The van der Waals surface area contributed by atoms with E-state index in [9.17, 15) is 14.7 Å². The lowest BCUT2D eigenvalue weighted by molar-refractivity contribution is -0.155. The second kappa shape index (κ2) is 7.14. The number of aliphatic hydroxyl groups is 1. The number of methoxy groups -OCH3 is 1. The highest BCUT2D eigenvalue weighted by Gasteiger charge is 2.57. The molecule has 1 N–H and O–H groups in total. The highest BCUT2D eigenvalue weighted by Crippen LogP contribution is 2.50. The Balaban J connectivity index is 1.72. The van der Waals surface area contributed by atoms with E-state index in [1.54, 1.807) is 23.1 Å². The highest BCUT2D eigenvalue weighted by molar-refractivity contribution is 6.42. The molecule has 3 rings (SSSR count). The van der Waals surface area contributed by atoms with E-state index in [1.807, 2.05) is 0 Å². The standard InChI is InChI=1S/C18H21Cl2NO4/c1-25-17(24)12-5-8-21(18(12)6-2-7-18)16(23)10-15(22)11-3-4-13(19)14(20)9-11/h3-4,9,12,15,22H,2,5-8,10H2,1H3. The Kier molecular flexibility index (Phi) is 5.28. The fourth-order valence-electron chi connectivity index (χ4n) is 4.06. The van der Waals surface area contributed by atoms with E-state index in [1.165, 1.54) is 7.11 Å². The number of aliphatic hydroxyl groups excluding tert-OH is 1. The predicted molar refractivity (Wildman–Crippen MR) is 94.5 cm³/mol. The van der Waals surface area contributed by atoms with Gasteiger partial charge in [0, 0.05) is 6.54 Å². The second-order valence-corrected chi connectivity index (χ2v) is 7.57. The number of carbonyl (C=O) groups is 2. The Morgan fingerprint density at radius 1 is 1.36 bits per heavy atom. The van der Waals surface area contributed by atoms with E-state index in [0.29, 0.717) is 28.6 Å². The van der Waals surface area contributed by atoms with Gasteiger partial charge in [0.1, 0.15) is 0 Å². The fourth-order valence-corrected chi connectivity index (χ4v) is 4.37. The van der Waals surface area contributed by atoms with Gasteiger partial charge < -0.3 is 14.7 Å². The maximum atomic E-state index is 12.8. The molecule has 2 aliphatic rings. The first-order valence-corrected chi connectivity index (χ1v) is 9.16. The Hall–Kier alpha value is -1.30. The fraction of sp³-hybridized carbons (Fsp3) is 0.556. The molecule has 1 aromatic carbocycles. The monoisotopic (exact) mass is 385 g/mol. The van der Waals surface area contributed by atoms with Crippen molar-refractivity contribution in [1.29, 1.82) is 0 Å². The van der Waals surface area contributed by atoms with Crippen LogP contribution in [0.4, 0.5) is 0 Å². The van der Waals surface area contributed by atoms with Crippen molar-refractivity contribution in [2.24, 2.45) is 5.92 Å². The Morgan fingerprint density at radius 3 is 2.64 bits per heavy atom. The first kappa shape index (κ1) is 18.5. The minimum Gasteiger partial charge on any atom is -0.469 e. The molecule has 1 aliphatic heterocycles. The van der Waals surface area contributed by atoms with Crippen molar-refractivity contribution in [1.82, 2.24) is 4.90 Å². The summed E-state index contributed by atoms with van der Waals surface area (Å²) in [5, 5.41) is 11.1. The van der Waals surface area contributed by atoms with Crippen molar-refractivity contribution in [3.05, 3.63) is 33.8 Å². The number of rotatable bonds is 4. The minimum absolute atomic E-state index is 0.0480. The van der Waals surface area contributed by atoms with E-state index in [2.05, 4.69) is 0 Å². The van der Waals surface area contributed by atoms with E-state index in [-0.39, 0.29) is 24.2 Å². The molecule has 0 aromatic heterocycles. The molecule has 136 valence electrons. The summed E-state index contributed by atoms with van der Waals surface area (Å²) in [6.45, 7) is 0.521. The van der Waals surface area contributed by atoms with Gasteiger partial charge >= 0.3 is 5.97 Å². The summed E-state index contributed by atoms with van der Waals surface area (Å²) < 4.78 is 4.91. The van der Waals surface area contributed by atoms with Crippen LogP contribution in [0.25, 0.3) is 0 Å². The number of carbonyl (C=O) groups excluding carboxylic acids is 2. The number of esters is 1. The smallest absolute Gasteiger partial charge is 0.311 e. The molecule has 7 heteroatoms. The zero-order valence-electron chi connectivity index (χ0n) is 14.0. The molecule has 1 heterocycles. The lowest BCUT2D eigenvalue weighted by atomic mass is 9.68. The highest BCUT2D eigenvalue weighted by atomic mass is 35.5. The normalized spacial score (nSPS) is 22.6. The van der Waals surface area contributed by atoms with Gasteiger partial charge in [0.05, 0.1) is 41.1 Å². The Labute approximate surface area is 156 Å². The van der Waals surface area contributed by atoms with Gasteiger partial charge in [0.25, 0.3) is 0 Å². The number of hydrogen-bond donors (Lipinski definition) is 1. The molecule has 2 atom stereocenters. The lowest BCUT2D eigenvalue weighted by Gasteiger charge is -2.48. The maximum Gasteiger partial charge on any atom is 0.311 e. The van der Waals surface area contributed by atoms with Crippen molar-refractivity contribution < 1.29 is 19.4 Å². The van der Waals surface area contributed by atoms with Gasteiger partial charge in [0.2, 0.25) is 5.91 Å². The molecule has 2 fully saturated rings. The van der Waals surface area contributed by atoms with Crippen LogP contribution in [0.2, 0.25) is 10.0 Å². The lowest BCUT2D eigenvalue weighted by Crippen LogP contribution is -2.57. The average Bonchev–Trinajstić information content (AvgIpc) is 2.97. The third-order valence-electron chi connectivity index (χ3n) is 5.53. The van der Waals surface area contributed by atoms with Gasteiger partial charge in [-0.2, -0.15) is 0 Å². The maximum absolute atomic E-state index is 12.8. The van der Waals surface area contributed by atoms with Gasteiger partial charge in [-0.15, -0.1) is 0 Å². The van der Waals surface area contributed by atoms with Crippen molar-refractivity contribution in [3.8, 4) is 0 Å². The van der Waals surface area contributed by atoms with E-state index in [4.69, 9.17) is 27.9 Å². The van der Waals surface area contributed by atoms with Crippen LogP contribution in [0.3, 0.4) is 0 Å². The molecule has 1 aliphatic carbocycles. The summed E-state index contributed by atoms with van der Waals surface area (Å²) in [4.78, 5) is 26.6. The molecule has 1 saturated heterocycles. The molecule has 0 radical (unpaired) electrons. The van der Waals surface area contributed by atoms with Crippen molar-refractivity contribution >= 4 is 35.1 Å². The van der Waals surface area contributed by atoms with Crippen LogP contribution in [-0.4, -0.2) is 41.1 Å². The van der Waals surface area contributed by atoms with Crippen LogP contribution in [0.15, 0.2) is 18.2 Å². The zero-order valence-corrected chi connectivity index (χ0v) is 15.5. The summed E-state index contributed by atoms with van der Waals surface area (Å²) >= 11 is 11.9. The molecule has 2 unspecified atom stereocenters. The molecular formula is C18H21Cl2NO4. The molecule has 1 amide bonds. The zero-order chi connectivity index (χ0) is 18.2. The molecule has 1 aromatic rings. The Morgan fingerprint density at radius 2 is 2.08 bits per heavy atom. The van der Waals surface area contributed by atoms with Crippen LogP contribution in [-0.2, 0) is 14.3 Å². The average molecular weight is 386 g/mol. The molecule has 1 spiro atoms.